The van der Waals surface area contributed by atoms with E-state index in [1.54, 1.807) is 12.2 Å². The van der Waals surface area contributed by atoms with E-state index in [9.17, 15) is 4.79 Å². The molecule has 1 aliphatic rings. The number of ether oxygens (including phenoxy) is 1. The predicted octanol–water partition coefficient (Wildman–Crippen LogP) is 1.85. The summed E-state index contributed by atoms with van der Waals surface area (Å²) < 4.78 is 4.96. The van der Waals surface area contributed by atoms with E-state index in [4.69, 9.17) is 4.74 Å². The molecule has 0 aromatic carbocycles. The van der Waals surface area contributed by atoms with Gasteiger partial charge < -0.3 is 4.74 Å². The highest BCUT2D eigenvalue weighted by atomic mass is 16.5. The van der Waals surface area contributed by atoms with E-state index in [1.807, 2.05) is 13.0 Å². The minimum Gasteiger partial charge on any atom is -0.458 e. The predicted molar refractivity (Wildman–Crippen MR) is 47.5 cm³/mol. The zero-order chi connectivity index (χ0) is 9.14. The SMILES string of the molecule is C=CC=CC1C(=C)C(=O)OC1C. The van der Waals surface area contributed by atoms with Gasteiger partial charge in [-0.15, -0.1) is 0 Å². The fourth-order valence-corrected chi connectivity index (χ4v) is 1.21. The first kappa shape index (κ1) is 8.78. The molecule has 12 heavy (non-hydrogen) atoms. The lowest BCUT2D eigenvalue weighted by atomic mass is 9.98. The highest BCUT2D eigenvalue weighted by molar-refractivity contribution is 5.91. The smallest absolute Gasteiger partial charge is 0.334 e. The minimum atomic E-state index is -0.291. The standard InChI is InChI=1S/C10H12O2/c1-4-5-6-9-7(2)10(11)12-8(9)3/h4-6,8-9H,1-2H2,3H3. The number of carbonyl (C=O) groups excluding carboxylic acids is 1. The molecule has 0 saturated carbocycles. The first-order chi connectivity index (χ1) is 5.66. The monoisotopic (exact) mass is 164 g/mol. The molecule has 2 heteroatoms. The maximum atomic E-state index is 11.0. The van der Waals surface area contributed by atoms with Gasteiger partial charge in [-0.25, -0.2) is 4.79 Å². The molecule has 1 rings (SSSR count). The fourth-order valence-electron chi connectivity index (χ4n) is 1.21. The largest absolute Gasteiger partial charge is 0.458 e. The Kier molecular flexibility index (Phi) is 2.48. The maximum Gasteiger partial charge on any atom is 0.334 e. The quantitative estimate of drug-likeness (QED) is 0.353. The van der Waals surface area contributed by atoms with Gasteiger partial charge in [-0.2, -0.15) is 0 Å². The average Bonchev–Trinajstić information content (AvgIpc) is 2.25. The molecule has 1 fully saturated rings. The fraction of sp³-hybridized carbons (Fsp3) is 0.300. The second kappa shape index (κ2) is 3.39. The van der Waals surface area contributed by atoms with E-state index in [1.165, 1.54) is 0 Å². The van der Waals surface area contributed by atoms with E-state index < -0.39 is 0 Å². The van der Waals surface area contributed by atoms with Crippen molar-refractivity contribution in [2.45, 2.75) is 13.0 Å². The van der Waals surface area contributed by atoms with Crippen molar-refractivity contribution in [3.05, 3.63) is 37.0 Å². The van der Waals surface area contributed by atoms with Crippen LogP contribution in [0, 0.1) is 5.92 Å². The van der Waals surface area contributed by atoms with Crippen molar-refractivity contribution < 1.29 is 9.53 Å². The van der Waals surface area contributed by atoms with Gasteiger partial charge in [0.05, 0.1) is 0 Å². The number of allylic oxidation sites excluding steroid dienone is 2. The third-order valence-corrected chi connectivity index (χ3v) is 1.92. The van der Waals surface area contributed by atoms with Crippen LogP contribution in [0.3, 0.4) is 0 Å². The maximum absolute atomic E-state index is 11.0. The van der Waals surface area contributed by atoms with Gasteiger partial charge in [0.2, 0.25) is 0 Å². The van der Waals surface area contributed by atoms with Gasteiger partial charge in [-0.1, -0.05) is 31.4 Å². The van der Waals surface area contributed by atoms with Gasteiger partial charge in [-0.3, -0.25) is 0 Å². The van der Waals surface area contributed by atoms with Crippen molar-refractivity contribution in [2.75, 3.05) is 0 Å². The molecule has 1 saturated heterocycles. The van der Waals surface area contributed by atoms with E-state index >= 15 is 0 Å². The Hall–Kier alpha value is -1.31. The van der Waals surface area contributed by atoms with Gasteiger partial charge in [0, 0.05) is 11.5 Å². The Morgan fingerprint density at radius 1 is 1.58 bits per heavy atom. The van der Waals surface area contributed by atoms with Crippen molar-refractivity contribution in [3.63, 3.8) is 0 Å². The van der Waals surface area contributed by atoms with Crippen molar-refractivity contribution in [1.29, 1.82) is 0 Å². The van der Waals surface area contributed by atoms with Crippen LogP contribution in [0.25, 0.3) is 0 Å². The molecular formula is C10H12O2. The van der Waals surface area contributed by atoms with Crippen LogP contribution in [0.1, 0.15) is 6.92 Å². The third kappa shape index (κ3) is 1.47. The summed E-state index contributed by atoms with van der Waals surface area (Å²) in [7, 11) is 0. The second-order valence-corrected chi connectivity index (χ2v) is 2.78. The van der Waals surface area contributed by atoms with Crippen LogP contribution in [-0.4, -0.2) is 12.1 Å². The summed E-state index contributed by atoms with van der Waals surface area (Å²) >= 11 is 0. The zero-order valence-electron chi connectivity index (χ0n) is 7.12. The molecule has 0 bridgehead atoms. The molecule has 0 aromatic rings. The summed E-state index contributed by atoms with van der Waals surface area (Å²) in [6.45, 7) is 9.06. The number of esters is 1. The van der Waals surface area contributed by atoms with Crippen molar-refractivity contribution >= 4 is 5.97 Å². The highest BCUT2D eigenvalue weighted by Gasteiger charge is 2.33. The van der Waals surface area contributed by atoms with Crippen molar-refractivity contribution in [2.24, 2.45) is 5.92 Å². The Labute approximate surface area is 72.2 Å². The molecule has 0 radical (unpaired) electrons. The third-order valence-electron chi connectivity index (χ3n) is 1.92. The van der Waals surface area contributed by atoms with E-state index in [0.717, 1.165) is 0 Å². The first-order valence-corrected chi connectivity index (χ1v) is 3.86. The molecule has 64 valence electrons. The lowest BCUT2D eigenvalue weighted by Gasteiger charge is -2.06. The van der Waals surface area contributed by atoms with Crippen LogP contribution >= 0.6 is 0 Å². The van der Waals surface area contributed by atoms with Crippen LogP contribution in [0.2, 0.25) is 0 Å². The summed E-state index contributed by atoms with van der Waals surface area (Å²) in [5, 5.41) is 0. The highest BCUT2D eigenvalue weighted by Crippen LogP contribution is 2.27. The normalized spacial score (nSPS) is 29.4. The van der Waals surface area contributed by atoms with Crippen molar-refractivity contribution in [3.8, 4) is 0 Å². The van der Waals surface area contributed by atoms with Gasteiger partial charge in [0.1, 0.15) is 6.10 Å². The molecule has 0 N–H and O–H groups in total. The van der Waals surface area contributed by atoms with Crippen LogP contribution in [0.4, 0.5) is 0 Å². The van der Waals surface area contributed by atoms with Crippen LogP contribution in [0.15, 0.2) is 37.0 Å². The molecule has 0 amide bonds. The van der Waals surface area contributed by atoms with E-state index in [2.05, 4.69) is 13.2 Å². The lowest BCUT2D eigenvalue weighted by molar-refractivity contribution is -0.138. The molecule has 2 unspecified atom stereocenters. The zero-order valence-corrected chi connectivity index (χ0v) is 7.12. The number of hydrogen-bond donors (Lipinski definition) is 0. The summed E-state index contributed by atoms with van der Waals surface area (Å²) in [6.07, 6.45) is 5.25. The topological polar surface area (TPSA) is 26.3 Å². The summed E-state index contributed by atoms with van der Waals surface area (Å²) in [5.41, 5.74) is 0.528. The molecule has 1 aliphatic heterocycles. The minimum absolute atomic E-state index is 0.00972. The Bertz CT molecular complexity index is 251. The summed E-state index contributed by atoms with van der Waals surface area (Å²) in [6, 6.07) is 0. The molecule has 0 spiro atoms. The number of hydrogen-bond acceptors (Lipinski definition) is 2. The van der Waals surface area contributed by atoms with Gasteiger partial charge in [0.15, 0.2) is 0 Å². The summed E-state index contributed by atoms with van der Waals surface area (Å²) in [5.74, 6) is -0.281. The molecule has 0 aliphatic carbocycles. The van der Waals surface area contributed by atoms with Gasteiger partial charge in [-0.05, 0) is 6.92 Å². The first-order valence-electron chi connectivity index (χ1n) is 3.86. The van der Waals surface area contributed by atoms with Crippen LogP contribution in [0.5, 0.6) is 0 Å². The van der Waals surface area contributed by atoms with Crippen molar-refractivity contribution in [1.82, 2.24) is 0 Å². The van der Waals surface area contributed by atoms with Gasteiger partial charge >= 0.3 is 5.97 Å². The Balaban J connectivity index is 2.76. The average molecular weight is 164 g/mol. The summed E-state index contributed by atoms with van der Waals surface area (Å²) in [4.78, 5) is 11.0. The molecular weight excluding hydrogens is 152 g/mol. The number of cyclic esters (lactones) is 1. The molecule has 2 nitrogen and oxygen atoms in total. The van der Waals surface area contributed by atoms with Crippen LogP contribution in [-0.2, 0) is 9.53 Å². The second-order valence-electron chi connectivity index (χ2n) is 2.78. The number of rotatable bonds is 2. The van der Waals surface area contributed by atoms with Gasteiger partial charge in [0.25, 0.3) is 0 Å². The van der Waals surface area contributed by atoms with E-state index in [0.29, 0.717) is 5.57 Å². The molecule has 2 atom stereocenters. The lowest BCUT2D eigenvalue weighted by Crippen LogP contribution is -2.08. The molecule has 1 heterocycles. The number of carbonyl (C=O) groups is 1. The molecule has 0 aromatic heterocycles. The van der Waals surface area contributed by atoms with E-state index in [-0.39, 0.29) is 18.0 Å². The van der Waals surface area contributed by atoms with Crippen LogP contribution < -0.4 is 0 Å². The Morgan fingerprint density at radius 3 is 2.67 bits per heavy atom. The Morgan fingerprint density at radius 2 is 2.25 bits per heavy atom.